The number of benzene rings is 3. The first-order valence-corrected chi connectivity index (χ1v) is 20.0. The third-order valence-corrected chi connectivity index (χ3v) is 11.5. The summed E-state index contributed by atoms with van der Waals surface area (Å²) in [5.41, 5.74) is 8.83. The van der Waals surface area contributed by atoms with E-state index in [-0.39, 0.29) is 24.4 Å². The van der Waals surface area contributed by atoms with E-state index in [2.05, 4.69) is 75.4 Å². The number of likely N-dealkylation sites (tertiary alicyclic amines) is 1. The minimum atomic E-state index is -0.267. The molecule has 12 nitrogen and oxygen atoms in total. The van der Waals surface area contributed by atoms with Crippen molar-refractivity contribution in [3.63, 3.8) is 0 Å². The second-order valence-electron chi connectivity index (χ2n) is 15.1. The van der Waals surface area contributed by atoms with Crippen molar-refractivity contribution in [2.24, 2.45) is 0 Å². The molecule has 0 unspecified atom stereocenters. The largest absolute Gasteiger partial charge is 0.497 e. The molecule has 0 radical (unpaired) electrons. The van der Waals surface area contributed by atoms with Gasteiger partial charge in [-0.3, -0.25) is 14.5 Å². The Hall–Kier alpha value is -5.30. The molecule has 56 heavy (non-hydrogen) atoms. The SMILES string of the molecule is CCc1nc2c(cnn2CC)c(NC2CCOCC2)c1CNC(=O)c1cccc(C(=O)NCc2cc(OC)cc(-c3cccc(CN4C[C@@H]5C[C@H]4CN5)c3)c2)c1. The van der Waals surface area contributed by atoms with Crippen LogP contribution in [0.3, 0.4) is 0 Å². The third kappa shape index (κ3) is 8.14. The summed E-state index contributed by atoms with van der Waals surface area (Å²) in [6, 6.07) is 23.1. The van der Waals surface area contributed by atoms with Crippen LogP contribution in [0.5, 0.6) is 5.75 Å². The molecular weight excluding hydrogens is 705 g/mol. The van der Waals surface area contributed by atoms with Gasteiger partial charge in [-0.15, -0.1) is 0 Å². The second kappa shape index (κ2) is 16.8. The zero-order valence-electron chi connectivity index (χ0n) is 32.6. The molecule has 0 aliphatic carbocycles. The van der Waals surface area contributed by atoms with Crippen molar-refractivity contribution >= 4 is 28.5 Å². The third-order valence-electron chi connectivity index (χ3n) is 11.5. The molecular formula is C44H52N8O4. The number of methoxy groups -OCH3 is 1. The Morgan fingerprint density at radius 2 is 1.70 bits per heavy atom. The van der Waals surface area contributed by atoms with Crippen molar-refractivity contribution in [2.75, 3.05) is 38.7 Å². The monoisotopic (exact) mass is 756 g/mol. The lowest BCUT2D eigenvalue weighted by Crippen LogP contribution is -2.42. The topological polar surface area (TPSA) is 135 Å². The predicted octanol–water partition coefficient (Wildman–Crippen LogP) is 5.69. The van der Waals surface area contributed by atoms with Crippen LogP contribution < -0.4 is 26.0 Å². The van der Waals surface area contributed by atoms with Crippen LogP contribution in [0.4, 0.5) is 5.69 Å². The van der Waals surface area contributed by atoms with Crippen LogP contribution in [0, 0.1) is 0 Å². The Kier molecular flexibility index (Phi) is 11.3. The molecule has 292 valence electrons. The zero-order valence-corrected chi connectivity index (χ0v) is 32.6. The fourth-order valence-electron chi connectivity index (χ4n) is 8.43. The Morgan fingerprint density at radius 1 is 0.929 bits per heavy atom. The molecule has 3 aromatic carbocycles. The molecule has 2 aromatic heterocycles. The van der Waals surface area contributed by atoms with Crippen LogP contribution in [0.1, 0.15) is 76.2 Å². The molecule has 2 bridgehead atoms. The van der Waals surface area contributed by atoms with E-state index in [4.69, 9.17) is 14.5 Å². The highest BCUT2D eigenvalue weighted by molar-refractivity contribution is 6.00. The van der Waals surface area contributed by atoms with Gasteiger partial charge in [-0.25, -0.2) is 9.67 Å². The summed E-state index contributed by atoms with van der Waals surface area (Å²) in [6.07, 6.45) is 5.60. The van der Waals surface area contributed by atoms with Gasteiger partial charge in [0.1, 0.15) is 5.75 Å². The number of piperazine rings is 1. The van der Waals surface area contributed by atoms with Crippen molar-refractivity contribution in [2.45, 2.75) is 83.8 Å². The summed E-state index contributed by atoms with van der Waals surface area (Å²) in [4.78, 5) is 34.7. The van der Waals surface area contributed by atoms with Crippen LogP contribution in [-0.4, -0.2) is 83.0 Å². The van der Waals surface area contributed by atoms with E-state index in [1.165, 1.54) is 12.0 Å². The predicted molar refractivity (Wildman–Crippen MR) is 218 cm³/mol. The number of amides is 2. The minimum absolute atomic E-state index is 0.251. The number of nitrogens with zero attached hydrogens (tertiary/aromatic N) is 4. The summed E-state index contributed by atoms with van der Waals surface area (Å²) in [5, 5.41) is 19.1. The fourth-order valence-corrected chi connectivity index (χ4v) is 8.43. The van der Waals surface area contributed by atoms with Gasteiger partial charge in [0, 0.05) is 93.0 Å². The molecule has 8 rings (SSSR count). The van der Waals surface area contributed by atoms with E-state index in [0.717, 1.165) is 82.9 Å². The number of pyridine rings is 1. The van der Waals surface area contributed by atoms with Gasteiger partial charge in [-0.05, 0) is 97.3 Å². The zero-order chi connectivity index (χ0) is 38.6. The number of hydrogen-bond donors (Lipinski definition) is 4. The highest BCUT2D eigenvalue weighted by Crippen LogP contribution is 2.32. The van der Waals surface area contributed by atoms with Crippen molar-refractivity contribution in [3.05, 3.63) is 106 Å². The molecule has 12 heteroatoms. The van der Waals surface area contributed by atoms with Crippen molar-refractivity contribution in [1.29, 1.82) is 0 Å². The summed E-state index contributed by atoms with van der Waals surface area (Å²) in [7, 11) is 1.66. The van der Waals surface area contributed by atoms with E-state index in [9.17, 15) is 9.59 Å². The molecule has 0 spiro atoms. The summed E-state index contributed by atoms with van der Waals surface area (Å²) < 4.78 is 13.2. The first-order valence-electron chi connectivity index (χ1n) is 20.0. The van der Waals surface area contributed by atoms with Crippen LogP contribution in [0.25, 0.3) is 22.2 Å². The number of anilines is 1. The standard InChI is InChI=1S/C44H52N8O4/c1-4-40-38(41(49-34-12-14-56-15-13-34)39-25-48-52(5-2)42(39)50-40)24-47-44(54)32-11-7-10-31(19-32)43(53)46-22-29-17-33(20-37(18-29)55-3)30-9-6-8-28(16-30)26-51-27-35-21-36(51)23-45-35/h6-11,16-20,25,34-36,45H,4-5,12-15,21-24,26-27H2,1-3H3,(H,46,53)(H,47,54)(H,49,50)/t35-,36-/m0/s1. The molecule has 2 atom stereocenters. The maximum absolute atomic E-state index is 13.6. The number of carbonyl (C=O) groups excluding carboxylic acids is 2. The highest BCUT2D eigenvalue weighted by atomic mass is 16.5. The molecule has 5 aromatic rings. The van der Waals surface area contributed by atoms with Gasteiger partial charge in [0.05, 0.1) is 24.4 Å². The maximum Gasteiger partial charge on any atom is 0.251 e. The van der Waals surface area contributed by atoms with Gasteiger partial charge in [-0.1, -0.05) is 31.2 Å². The lowest BCUT2D eigenvalue weighted by atomic mass is 10.00. The smallest absolute Gasteiger partial charge is 0.251 e. The Morgan fingerprint density at radius 3 is 2.41 bits per heavy atom. The van der Waals surface area contributed by atoms with E-state index in [0.29, 0.717) is 55.9 Å². The lowest BCUT2D eigenvalue weighted by molar-refractivity contribution is 0.0904. The number of nitrogens with one attached hydrogen (secondary N) is 4. The van der Waals surface area contributed by atoms with Crippen LogP contribution in [0.2, 0.25) is 0 Å². The van der Waals surface area contributed by atoms with Gasteiger partial charge in [0.15, 0.2) is 5.65 Å². The Labute approximate surface area is 328 Å². The number of carbonyl (C=O) groups is 2. The normalized spacial score (nSPS) is 18.3. The van der Waals surface area contributed by atoms with E-state index >= 15 is 0 Å². The fraction of sp³-hybridized carbons (Fsp3) is 0.409. The van der Waals surface area contributed by atoms with Gasteiger partial charge < -0.3 is 30.7 Å². The van der Waals surface area contributed by atoms with Crippen molar-refractivity contribution in [1.82, 2.24) is 35.6 Å². The number of hydrogen-bond acceptors (Lipinski definition) is 9. The molecule has 3 saturated heterocycles. The summed E-state index contributed by atoms with van der Waals surface area (Å²) in [5.74, 6) is 0.195. The number of aryl methyl sites for hydroxylation is 2. The lowest BCUT2D eigenvalue weighted by Gasteiger charge is -2.27. The number of fused-ring (bicyclic) bond motifs is 3. The Balaban J connectivity index is 0.943. The van der Waals surface area contributed by atoms with Crippen LogP contribution in [-0.2, 0) is 37.3 Å². The van der Waals surface area contributed by atoms with Gasteiger partial charge in [0.2, 0.25) is 0 Å². The summed E-state index contributed by atoms with van der Waals surface area (Å²) >= 11 is 0. The molecule has 3 fully saturated rings. The Bertz CT molecular complexity index is 2210. The van der Waals surface area contributed by atoms with Crippen LogP contribution >= 0.6 is 0 Å². The van der Waals surface area contributed by atoms with Gasteiger partial charge in [0.25, 0.3) is 11.8 Å². The van der Waals surface area contributed by atoms with Crippen molar-refractivity contribution in [3.8, 4) is 16.9 Å². The average Bonchev–Trinajstić information content (AvgIpc) is 3.99. The highest BCUT2D eigenvalue weighted by Gasteiger charge is 2.37. The van der Waals surface area contributed by atoms with E-state index in [1.807, 2.05) is 23.0 Å². The first-order chi connectivity index (χ1) is 27.4. The molecule has 4 N–H and O–H groups in total. The van der Waals surface area contributed by atoms with E-state index < -0.39 is 0 Å². The van der Waals surface area contributed by atoms with Crippen LogP contribution in [0.15, 0.2) is 72.9 Å². The quantitative estimate of drug-likeness (QED) is 0.113. The van der Waals surface area contributed by atoms with E-state index in [1.54, 1.807) is 31.4 Å². The summed E-state index contributed by atoms with van der Waals surface area (Å²) in [6.45, 7) is 9.96. The average molecular weight is 757 g/mol. The van der Waals surface area contributed by atoms with Gasteiger partial charge >= 0.3 is 0 Å². The molecule has 3 aliphatic heterocycles. The van der Waals surface area contributed by atoms with Gasteiger partial charge in [-0.2, -0.15) is 5.10 Å². The second-order valence-corrected chi connectivity index (χ2v) is 15.1. The number of ether oxygens (including phenoxy) is 2. The molecule has 2 amide bonds. The minimum Gasteiger partial charge on any atom is -0.497 e. The van der Waals surface area contributed by atoms with Crippen molar-refractivity contribution < 1.29 is 19.1 Å². The molecule has 0 saturated carbocycles. The first kappa shape index (κ1) is 37.6. The maximum atomic E-state index is 13.6. The number of rotatable bonds is 14. The number of aromatic nitrogens is 3. The molecule has 5 heterocycles. The molecule has 3 aliphatic rings.